The minimum atomic E-state index is -0.812. The van der Waals surface area contributed by atoms with Crippen LogP contribution in [0.3, 0.4) is 0 Å². The summed E-state index contributed by atoms with van der Waals surface area (Å²) in [4.78, 5) is 11.7. The number of hydrogen-bond acceptors (Lipinski definition) is 4. The third-order valence-electron chi connectivity index (χ3n) is 4.07. The summed E-state index contributed by atoms with van der Waals surface area (Å²) in [7, 11) is 4.69. The fourth-order valence-electron chi connectivity index (χ4n) is 2.86. The van der Waals surface area contributed by atoms with Crippen molar-refractivity contribution in [2.24, 2.45) is 0 Å². The number of ether oxygens (including phenoxy) is 3. The molecule has 1 saturated carbocycles. The van der Waals surface area contributed by atoms with E-state index in [1.165, 1.54) is 0 Å². The van der Waals surface area contributed by atoms with E-state index in [0.717, 1.165) is 17.5 Å². The highest BCUT2D eigenvalue weighted by atomic mass is 16.5. The van der Waals surface area contributed by atoms with E-state index in [4.69, 9.17) is 14.2 Å². The summed E-state index contributed by atoms with van der Waals surface area (Å²) in [6, 6.07) is 3.58. The second kappa shape index (κ2) is 5.71. The highest BCUT2D eigenvalue weighted by Crippen LogP contribution is 2.48. The lowest BCUT2D eigenvalue weighted by atomic mass is 9.63. The van der Waals surface area contributed by atoms with Crippen molar-refractivity contribution in [2.75, 3.05) is 21.3 Å². The highest BCUT2D eigenvalue weighted by Gasteiger charge is 2.47. The quantitative estimate of drug-likeness (QED) is 0.866. The van der Waals surface area contributed by atoms with E-state index in [0.29, 0.717) is 30.9 Å². The summed E-state index contributed by atoms with van der Waals surface area (Å²) in [5.74, 6) is 0.357. The molecule has 0 spiro atoms. The van der Waals surface area contributed by atoms with Gasteiger partial charge in [-0.2, -0.15) is 0 Å². The van der Waals surface area contributed by atoms with Gasteiger partial charge >= 0.3 is 5.97 Å². The predicted molar refractivity (Wildman–Crippen MR) is 73.4 cm³/mol. The minimum absolute atomic E-state index is 0.296. The van der Waals surface area contributed by atoms with Gasteiger partial charge in [0.05, 0.1) is 26.2 Å². The van der Waals surface area contributed by atoms with Crippen molar-refractivity contribution in [3.63, 3.8) is 0 Å². The standard InChI is InChI=1S/C15H20O5/c1-18-9-10-11(15(14(16)17)7-4-8-15)5-6-12(19-2)13(10)20-3/h5-6H,4,7-9H2,1-3H3,(H,16,17). The monoisotopic (exact) mass is 280 g/mol. The molecular weight excluding hydrogens is 260 g/mol. The first-order valence-electron chi connectivity index (χ1n) is 6.57. The third-order valence-corrected chi connectivity index (χ3v) is 4.07. The molecule has 1 aromatic rings. The molecule has 1 aliphatic carbocycles. The smallest absolute Gasteiger partial charge is 0.314 e. The largest absolute Gasteiger partial charge is 0.493 e. The van der Waals surface area contributed by atoms with Crippen LogP contribution in [0.2, 0.25) is 0 Å². The minimum Gasteiger partial charge on any atom is -0.493 e. The predicted octanol–water partition coefficient (Wildman–Crippen LogP) is 2.36. The van der Waals surface area contributed by atoms with Crippen LogP contribution in [0.4, 0.5) is 0 Å². The first kappa shape index (κ1) is 14.7. The average Bonchev–Trinajstić information content (AvgIpc) is 2.38. The van der Waals surface area contributed by atoms with Gasteiger partial charge in [0.15, 0.2) is 11.5 Å². The number of carboxylic acid groups (broad SMARTS) is 1. The van der Waals surface area contributed by atoms with Gasteiger partial charge in [0, 0.05) is 12.7 Å². The zero-order valence-corrected chi connectivity index (χ0v) is 12.1. The molecule has 5 nitrogen and oxygen atoms in total. The normalized spacial score (nSPS) is 16.4. The maximum absolute atomic E-state index is 11.7. The van der Waals surface area contributed by atoms with Crippen LogP contribution in [-0.2, 0) is 21.6 Å². The van der Waals surface area contributed by atoms with Gasteiger partial charge < -0.3 is 19.3 Å². The Bertz CT molecular complexity index is 505. The molecule has 0 atom stereocenters. The third kappa shape index (κ3) is 2.12. The molecule has 0 saturated heterocycles. The Morgan fingerprint density at radius 2 is 1.95 bits per heavy atom. The van der Waals surface area contributed by atoms with Gasteiger partial charge in [-0.15, -0.1) is 0 Å². The maximum Gasteiger partial charge on any atom is 0.314 e. The van der Waals surface area contributed by atoms with Crippen LogP contribution in [0, 0.1) is 0 Å². The molecule has 0 radical (unpaired) electrons. The molecule has 0 aliphatic heterocycles. The van der Waals surface area contributed by atoms with E-state index in [-0.39, 0.29) is 0 Å². The first-order valence-corrected chi connectivity index (χ1v) is 6.57. The lowest BCUT2D eigenvalue weighted by molar-refractivity contribution is -0.147. The van der Waals surface area contributed by atoms with Gasteiger partial charge in [0.25, 0.3) is 0 Å². The van der Waals surface area contributed by atoms with Crippen molar-refractivity contribution in [1.29, 1.82) is 0 Å². The van der Waals surface area contributed by atoms with Gasteiger partial charge in [-0.3, -0.25) is 4.79 Å². The molecule has 20 heavy (non-hydrogen) atoms. The van der Waals surface area contributed by atoms with E-state index in [1.54, 1.807) is 27.4 Å². The van der Waals surface area contributed by atoms with Gasteiger partial charge in [0.2, 0.25) is 0 Å². The summed E-state index contributed by atoms with van der Waals surface area (Å²) in [6.45, 7) is 0.296. The molecule has 0 bridgehead atoms. The fourth-order valence-corrected chi connectivity index (χ4v) is 2.86. The summed E-state index contributed by atoms with van der Waals surface area (Å²) in [6.07, 6.45) is 2.22. The Morgan fingerprint density at radius 1 is 1.25 bits per heavy atom. The van der Waals surface area contributed by atoms with Gasteiger partial charge in [-0.25, -0.2) is 0 Å². The van der Waals surface area contributed by atoms with Crippen molar-refractivity contribution in [3.05, 3.63) is 23.3 Å². The number of aliphatic carboxylic acids is 1. The molecule has 5 heteroatoms. The molecule has 110 valence electrons. The van der Waals surface area contributed by atoms with Crippen LogP contribution in [0.25, 0.3) is 0 Å². The number of carboxylic acids is 1. The summed E-state index contributed by atoms with van der Waals surface area (Å²) < 4.78 is 15.9. The Kier molecular flexibility index (Phi) is 4.18. The molecule has 1 aliphatic rings. The topological polar surface area (TPSA) is 65.0 Å². The van der Waals surface area contributed by atoms with Crippen molar-refractivity contribution in [2.45, 2.75) is 31.3 Å². The molecule has 0 amide bonds. The molecule has 2 rings (SSSR count). The fraction of sp³-hybridized carbons (Fsp3) is 0.533. The SMILES string of the molecule is COCc1c(C2(C(=O)O)CCC2)ccc(OC)c1OC. The Hall–Kier alpha value is -1.75. The number of hydrogen-bond donors (Lipinski definition) is 1. The molecule has 1 fully saturated rings. The second-order valence-electron chi connectivity index (χ2n) is 5.00. The first-order chi connectivity index (χ1) is 9.60. The van der Waals surface area contributed by atoms with E-state index in [1.807, 2.05) is 6.07 Å². The van der Waals surface area contributed by atoms with Gasteiger partial charge in [0.1, 0.15) is 0 Å². The highest BCUT2D eigenvalue weighted by molar-refractivity contribution is 5.83. The van der Waals surface area contributed by atoms with Crippen molar-refractivity contribution in [3.8, 4) is 11.5 Å². The van der Waals surface area contributed by atoms with E-state index in [2.05, 4.69) is 0 Å². The van der Waals surface area contributed by atoms with Crippen molar-refractivity contribution >= 4 is 5.97 Å². The molecular formula is C15H20O5. The Balaban J connectivity index is 2.60. The summed E-state index contributed by atoms with van der Waals surface area (Å²) >= 11 is 0. The van der Waals surface area contributed by atoms with Gasteiger partial charge in [-0.1, -0.05) is 12.5 Å². The Morgan fingerprint density at radius 3 is 2.35 bits per heavy atom. The van der Waals surface area contributed by atoms with Crippen LogP contribution in [0.5, 0.6) is 11.5 Å². The molecule has 1 aromatic carbocycles. The van der Waals surface area contributed by atoms with Crippen molar-refractivity contribution in [1.82, 2.24) is 0 Å². The molecule has 0 heterocycles. The Labute approximate surface area is 118 Å². The number of methoxy groups -OCH3 is 3. The van der Waals surface area contributed by atoms with Gasteiger partial charge in [-0.05, 0) is 24.5 Å². The van der Waals surface area contributed by atoms with E-state index < -0.39 is 11.4 Å². The van der Waals surface area contributed by atoms with Crippen molar-refractivity contribution < 1.29 is 24.1 Å². The van der Waals surface area contributed by atoms with Crippen LogP contribution < -0.4 is 9.47 Å². The lowest BCUT2D eigenvalue weighted by Crippen LogP contribution is -2.43. The van der Waals surface area contributed by atoms with Crippen LogP contribution in [0.15, 0.2) is 12.1 Å². The molecule has 0 unspecified atom stereocenters. The lowest BCUT2D eigenvalue weighted by Gasteiger charge is -2.39. The molecule has 1 N–H and O–H groups in total. The van der Waals surface area contributed by atoms with Crippen LogP contribution in [0.1, 0.15) is 30.4 Å². The molecule has 0 aromatic heterocycles. The van der Waals surface area contributed by atoms with Crippen LogP contribution in [-0.4, -0.2) is 32.4 Å². The summed E-state index contributed by atoms with van der Waals surface area (Å²) in [5.41, 5.74) is 0.722. The number of rotatable bonds is 6. The second-order valence-corrected chi connectivity index (χ2v) is 5.00. The zero-order valence-electron chi connectivity index (χ0n) is 12.1. The number of carbonyl (C=O) groups is 1. The van der Waals surface area contributed by atoms with E-state index >= 15 is 0 Å². The average molecular weight is 280 g/mol. The zero-order chi connectivity index (χ0) is 14.8. The van der Waals surface area contributed by atoms with Crippen LogP contribution >= 0.6 is 0 Å². The number of benzene rings is 1. The van der Waals surface area contributed by atoms with E-state index in [9.17, 15) is 9.90 Å². The summed E-state index contributed by atoms with van der Waals surface area (Å²) in [5, 5.41) is 9.61. The maximum atomic E-state index is 11.7.